The Kier molecular flexibility index (Phi) is 1.74. The molecule has 2 aromatic rings. The van der Waals surface area contributed by atoms with E-state index in [-0.39, 0.29) is 11.6 Å². The lowest BCUT2D eigenvalue weighted by molar-refractivity contribution is 0.0918. The van der Waals surface area contributed by atoms with Crippen LogP contribution in [0.15, 0.2) is 28.9 Å². The second-order valence-corrected chi connectivity index (χ2v) is 2.73. The van der Waals surface area contributed by atoms with Crippen molar-refractivity contribution in [1.82, 2.24) is 9.78 Å². The van der Waals surface area contributed by atoms with E-state index in [1.54, 1.807) is 0 Å². The van der Waals surface area contributed by atoms with Gasteiger partial charge in [-0.05, 0) is 6.07 Å². The minimum absolute atomic E-state index is 0.130. The normalized spacial score (nSPS) is 10.3. The fourth-order valence-corrected chi connectivity index (χ4v) is 1.03. The molecule has 0 aliphatic heterocycles. The van der Waals surface area contributed by atoms with E-state index in [0.29, 0.717) is 5.69 Å². The molecule has 0 atom stereocenters. The summed E-state index contributed by atoms with van der Waals surface area (Å²) in [6.45, 7) is 0. The van der Waals surface area contributed by atoms with Gasteiger partial charge >= 0.3 is 5.91 Å². The van der Waals surface area contributed by atoms with Crippen LogP contribution >= 0.6 is 0 Å². The summed E-state index contributed by atoms with van der Waals surface area (Å²) in [7, 11) is 0. The van der Waals surface area contributed by atoms with E-state index in [2.05, 4.69) is 5.10 Å². The molecule has 0 amide bonds. The third-order valence-corrected chi connectivity index (χ3v) is 1.65. The summed E-state index contributed by atoms with van der Waals surface area (Å²) in [5.74, 6) is -0.0857. The van der Waals surface area contributed by atoms with Gasteiger partial charge in [0.1, 0.15) is 0 Å². The maximum absolute atomic E-state index is 11.6. The average Bonchev–Trinajstić information content (AvgIpc) is 2.73. The Morgan fingerprint density at radius 3 is 2.71 bits per heavy atom. The zero-order valence-corrected chi connectivity index (χ0v) is 7.18. The van der Waals surface area contributed by atoms with E-state index in [0.717, 1.165) is 4.68 Å². The van der Waals surface area contributed by atoms with Crippen LogP contribution in [-0.2, 0) is 0 Å². The lowest BCUT2D eigenvalue weighted by Crippen LogP contribution is -2.11. The number of nitrogens with zero attached hydrogens (tertiary/aromatic N) is 2. The monoisotopic (exact) mass is 192 g/mol. The van der Waals surface area contributed by atoms with Gasteiger partial charge in [0.25, 0.3) is 0 Å². The van der Waals surface area contributed by atoms with E-state index < -0.39 is 5.91 Å². The molecule has 0 aliphatic carbocycles. The Labute approximate surface area is 79.1 Å². The van der Waals surface area contributed by atoms with Crippen LogP contribution < -0.4 is 11.5 Å². The van der Waals surface area contributed by atoms with Gasteiger partial charge in [0.15, 0.2) is 11.6 Å². The number of hydrogen-bond donors (Lipinski definition) is 2. The summed E-state index contributed by atoms with van der Waals surface area (Å²) in [6, 6.07) is 2.98. The van der Waals surface area contributed by atoms with Gasteiger partial charge in [0.2, 0.25) is 0 Å². The molecule has 6 heteroatoms. The molecule has 0 saturated carbocycles. The maximum Gasteiger partial charge on any atom is 0.313 e. The van der Waals surface area contributed by atoms with Crippen LogP contribution in [0.3, 0.4) is 0 Å². The standard InChI is InChI=1S/C8H8N4O2/c9-5-3-11-12(4-5)8(13)6-1-2-7(10)14-6/h1-4H,9-10H2. The average molecular weight is 192 g/mol. The van der Waals surface area contributed by atoms with Gasteiger partial charge in [0, 0.05) is 6.07 Å². The van der Waals surface area contributed by atoms with Crippen LogP contribution in [0.1, 0.15) is 10.6 Å². The van der Waals surface area contributed by atoms with Crippen molar-refractivity contribution < 1.29 is 9.21 Å². The molecule has 0 unspecified atom stereocenters. The molecule has 0 spiro atoms. The van der Waals surface area contributed by atoms with Gasteiger partial charge in [-0.2, -0.15) is 9.78 Å². The van der Waals surface area contributed by atoms with E-state index in [9.17, 15) is 4.79 Å². The van der Waals surface area contributed by atoms with E-state index in [1.165, 1.54) is 24.5 Å². The molecule has 0 radical (unpaired) electrons. The summed E-state index contributed by atoms with van der Waals surface area (Å²) in [5, 5.41) is 3.74. The maximum atomic E-state index is 11.6. The summed E-state index contributed by atoms with van der Waals surface area (Å²) in [6.07, 6.45) is 2.78. The lowest BCUT2D eigenvalue weighted by Gasteiger charge is -1.94. The first-order chi connectivity index (χ1) is 6.66. The molecule has 0 aliphatic rings. The Bertz CT molecular complexity index is 429. The molecule has 0 bridgehead atoms. The first kappa shape index (κ1) is 8.36. The number of aromatic nitrogens is 2. The van der Waals surface area contributed by atoms with Crippen LogP contribution in [0.25, 0.3) is 0 Å². The van der Waals surface area contributed by atoms with Crippen LogP contribution in [0.2, 0.25) is 0 Å². The van der Waals surface area contributed by atoms with Crippen LogP contribution in [0.5, 0.6) is 0 Å². The van der Waals surface area contributed by atoms with Crippen LogP contribution in [-0.4, -0.2) is 15.7 Å². The minimum atomic E-state index is -0.404. The van der Waals surface area contributed by atoms with Gasteiger partial charge in [0.05, 0.1) is 18.1 Å². The topological polar surface area (TPSA) is 100 Å². The van der Waals surface area contributed by atoms with E-state index in [4.69, 9.17) is 15.9 Å². The highest BCUT2D eigenvalue weighted by atomic mass is 16.4. The second-order valence-electron chi connectivity index (χ2n) is 2.73. The molecule has 14 heavy (non-hydrogen) atoms. The number of carbonyl (C=O) groups excluding carboxylic acids is 1. The van der Waals surface area contributed by atoms with E-state index in [1.807, 2.05) is 0 Å². The predicted molar refractivity (Wildman–Crippen MR) is 49.5 cm³/mol. The molecule has 6 nitrogen and oxygen atoms in total. The Morgan fingerprint density at radius 1 is 1.43 bits per heavy atom. The quantitative estimate of drug-likeness (QED) is 0.678. The van der Waals surface area contributed by atoms with Crippen LogP contribution in [0, 0.1) is 0 Å². The highest BCUT2D eigenvalue weighted by Crippen LogP contribution is 2.11. The molecule has 2 aromatic heterocycles. The van der Waals surface area contributed by atoms with Crippen molar-refractivity contribution in [1.29, 1.82) is 0 Å². The first-order valence-electron chi connectivity index (χ1n) is 3.87. The molecule has 0 saturated heterocycles. The number of rotatable bonds is 1. The third kappa shape index (κ3) is 1.33. The first-order valence-corrected chi connectivity index (χ1v) is 3.87. The summed E-state index contributed by atoms with van der Waals surface area (Å²) >= 11 is 0. The van der Waals surface area contributed by atoms with E-state index >= 15 is 0 Å². The number of furan rings is 1. The number of nitrogens with two attached hydrogens (primary N) is 2. The molecule has 0 fully saturated rings. The van der Waals surface area contributed by atoms with Gasteiger partial charge in [-0.25, -0.2) is 0 Å². The zero-order valence-electron chi connectivity index (χ0n) is 7.18. The number of nitrogen functional groups attached to an aromatic ring is 2. The Balaban J connectivity index is 2.33. The molecule has 0 aromatic carbocycles. The molecular formula is C8H8N4O2. The molecule has 2 heterocycles. The summed E-state index contributed by atoms with van der Waals surface area (Å²) in [4.78, 5) is 11.6. The predicted octanol–water partition coefficient (Wildman–Crippen LogP) is 0.329. The van der Waals surface area contributed by atoms with Crippen molar-refractivity contribution in [3.8, 4) is 0 Å². The number of hydrogen-bond acceptors (Lipinski definition) is 5. The summed E-state index contributed by atoms with van der Waals surface area (Å²) < 4.78 is 6.03. The fourth-order valence-electron chi connectivity index (χ4n) is 1.03. The lowest BCUT2D eigenvalue weighted by atomic mass is 10.4. The van der Waals surface area contributed by atoms with Crippen molar-refractivity contribution in [2.45, 2.75) is 0 Å². The SMILES string of the molecule is Nc1cnn(C(=O)c2ccc(N)o2)c1. The largest absolute Gasteiger partial charge is 0.436 e. The summed E-state index contributed by atoms with van der Waals surface area (Å²) in [5.41, 5.74) is 11.1. The van der Waals surface area contributed by atoms with Crippen molar-refractivity contribution in [2.24, 2.45) is 0 Å². The zero-order chi connectivity index (χ0) is 10.1. The van der Waals surface area contributed by atoms with Crippen LogP contribution in [0.4, 0.5) is 11.6 Å². The minimum Gasteiger partial charge on any atom is -0.436 e. The second kappa shape index (κ2) is 2.91. The number of carbonyl (C=O) groups is 1. The van der Waals surface area contributed by atoms with Gasteiger partial charge in [-0.1, -0.05) is 0 Å². The van der Waals surface area contributed by atoms with Gasteiger partial charge in [-0.15, -0.1) is 0 Å². The Morgan fingerprint density at radius 2 is 2.21 bits per heavy atom. The van der Waals surface area contributed by atoms with Crippen molar-refractivity contribution in [3.05, 3.63) is 30.3 Å². The molecular weight excluding hydrogens is 184 g/mol. The van der Waals surface area contributed by atoms with Crippen molar-refractivity contribution in [2.75, 3.05) is 11.5 Å². The van der Waals surface area contributed by atoms with Crippen molar-refractivity contribution >= 4 is 17.5 Å². The molecule has 4 N–H and O–H groups in total. The molecule has 72 valence electrons. The molecule has 2 rings (SSSR count). The highest BCUT2D eigenvalue weighted by molar-refractivity contribution is 5.93. The Hall–Kier alpha value is -2.24. The highest BCUT2D eigenvalue weighted by Gasteiger charge is 2.13. The van der Waals surface area contributed by atoms with Gasteiger partial charge < -0.3 is 15.9 Å². The van der Waals surface area contributed by atoms with Crippen molar-refractivity contribution in [3.63, 3.8) is 0 Å². The third-order valence-electron chi connectivity index (χ3n) is 1.65. The number of anilines is 2. The van der Waals surface area contributed by atoms with Gasteiger partial charge in [-0.3, -0.25) is 4.79 Å². The smallest absolute Gasteiger partial charge is 0.313 e. The fraction of sp³-hybridized carbons (Fsp3) is 0.